The lowest BCUT2D eigenvalue weighted by Crippen LogP contribution is -2.10. The van der Waals surface area contributed by atoms with Crippen molar-refractivity contribution in [1.82, 2.24) is 19.6 Å². The summed E-state index contributed by atoms with van der Waals surface area (Å²) in [5, 5.41) is 13.5. The molecule has 0 saturated heterocycles. The van der Waals surface area contributed by atoms with Crippen molar-refractivity contribution in [3.8, 4) is 11.4 Å². The van der Waals surface area contributed by atoms with Gasteiger partial charge in [0.15, 0.2) is 11.5 Å². The fourth-order valence-corrected chi connectivity index (χ4v) is 3.23. The lowest BCUT2D eigenvalue weighted by atomic mass is 10.1. The van der Waals surface area contributed by atoms with E-state index in [1.165, 1.54) is 18.4 Å². The van der Waals surface area contributed by atoms with E-state index in [4.69, 9.17) is 4.98 Å². The highest BCUT2D eigenvalue weighted by molar-refractivity contribution is 5.93. The van der Waals surface area contributed by atoms with Gasteiger partial charge >= 0.3 is 0 Å². The first-order chi connectivity index (χ1) is 12.3. The van der Waals surface area contributed by atoms with Crippen LogP contribution in [0.2, 0.25) is 0 Å². The van der Waals surface area contributed by atoms with E-state index in [2.05, 4.69) is 57.2 Å². The Morgan fingerprint density at radius 2 is 1.96 bits per heavy atom. The second kappa shape index (κ2) is 5.55. The quantitative estimate of drug-likeness (QED) is 0.613. The molecular formula is C20H19N5. The minimum Gasteiger partial charge on any atom is -0.355 e. The van der Waals surface area contributed by atoms with Gasteiger partial charge in [-0.1, -0.05) is 35.9 Å². The number of fused-ring (bicyclic) bond motifs is 3. The molecule has 2 aromatic carbocycles. The molecule has 2 aromatic heterocycles. The molecule has 1 saturated carbocycles. The van der Waals surface area contributed by atoms with E-state index in [1.807, 2.05) is 18.2 Å². The van der Waals surface area contributed by atoms with Crippen molar-refractivity contribution in [2.45, 2.75) is 19.8 Å². The van der Waals surface area contributed by atoms with Crippen LogP contribution in [0.25, 0.3) is 27.9 Å². The van der Waals surface area contributed by atoms with Crippen LogP contribution in [-0.4, -0.2) is 26.1 Å². The van der Waals surface area contributed by atoms with E-state index in [0.29, 0.717) is 0 Å². The minimum atomic E-state index is 0.766. The first kappa shape index (κ1) is 14.4. The van der Waals surface area contributed by atoms with E-state index < -0.39 is 0 Å². The molecule has 0 amide bonds. The highest BCUT2D eigenvalue weighted by Gasteiger charge is 2.22. The Morgan fingerprint density at radius 3 is 2.80 bits per heavy atom. The summed E-state index contributed by atoms with van der Waals surface area (Å²) in [4.78, 5) is 4.86. The Kier molecular flexibility index (Phi) is 3.20. The summed E-state index contributed by atoms with van der Waals surface area (Å²) >= 11 is 0. The topological polar surface area (TPSA) is 55.1 Å². The number of benzene rings is 2. The van der Waals surface area contributed by atoms with E-state index in [9.17, 15) is 0 Å². The second-order valence-electron chi connectivity index (χ2n) is 6.83. The normalized spacial score (nSPS) is 14.3. The van der Waals surface area contributed by atoms with Crippen molar-refractivity contribution in [3.05, 3.63) is 54.1 Å². The highest BCUT2D eigenvalue weighted by atomic mass is 15.3. The molecule has 1 N–H and O–H groups in total. The van der Waals surface area contributed by atoms with E-state index in [-0.39, 0.29) is 0 Å². The smallest absolute Gasteiger partial charge is 0.211 e. The van der Waals surface area contributed by atoms with E-state index in [0.717, 1.165) is 46.3 Å². The van der Waals surface area contributed by atoms with Crippen LogP contribution in [0.1, 0.15) is 18.4 Å². The Labute approximate surface area is 145 Å². The molecule has 25 heavy (non-hydrogen) atoms. The van der Waals surface area contributed by atoms with Gasteiger partial charge < -0.3 is 5.32 Å². The van der Waals surface area contributed by atoms with Crippen LogP contribution in [0.3, 0.4) is 0 Å². The number of nitrogens with zero attached hydrogens (tertiary/aromatic N) is 4. The molecule has 0 aliphatic heterocycles. The number of aryl methyl sites for hydroxylation is 1. The second-order valence-corrected chi connectivity index (χ2v) is 6.83. The van der Waals surface area contributed by atoms with Crippen molar-refractivity contribution in [2.75, 3.05) is 11.9 Å². The van der Waals surface area contributed by atoms with Crippen molar-refractivity contribution in [2.24, 2.45) is 5.92 Å². The van der Waals surface area contributed by atoms with Gasteiger partial charge in [0.25, 0.3) is 0 Å². The van der Waals surface area contributed by atoms with Gasteiger partial charge in [0.2, 0.25) is 5.95 Å². The maximum atomic E-state index is 4.86. The molecule has 0 spiro atoms. The number of anilines is 1. The third kappa shape index (κ3) is 2.52. The molecular weight excluding hydrogens is 310 g/mol. The van der Waals surface area contributed by atoms with Gasteiger partial charge in [0.05, 0.1) is 5.52 Å². The summed E-state index contributed by atoms with van der Waals surface area (Å²) in [6.07, 6.45) is 2.60. The Balaban J connectivity index is 1.76. The molecule has 0 bridgehead atoms. The van der Waals surface area contributed by atoms with Gasteiger partial charge in [-0.25, -0.2) is 9.38 Å². The highest BCUT2D eigenvalue weighted by Crippen LogP contribution is 2.30. The van der Waals surface area contributed by atoms with E-state index in [1.54, 1.807) is 0 Å². The summed E-state index contributed by atoms with van der Waals surface area (Å²) in [6.45, 7) is 3.04. The standard InChI is InChI=1S/C20H19N5/c1-13-5-4-6-15(11-13)18-23-24-19-16-7-2-3-8-17(16)22-20(25(18)19)21-12-14-9-10-14/h2-8,11,14H,9-10,12H2,1H3,(H,21,22). The van der Waals surface area contributed by atoms with Crippen LogP contribution in [0.5, 0.6) is 0 Å². The Hall–Kier alpha value is -2.95. The fraction of sp³-hybridized carbons (Fsp3) is 0.250. The van der Waals surface area contributed by atoms with Crippen LogP contribution in [0.15, 0.2) is 48.5 Å². The van der Waals surface area contributed by atoms with Crippen molar-refractivity contribution >= 4 is 22.5 Å². The van der Waals surface area contributed by atoms with Crippen molar-refractivity contribution in [3.63, 3.8) is 0 Å². The van der Waals surface area contributed by atoms with Crippen molar-refractivity contribution < 1.29 is 0 Å². The third-order valence-corrected chi connectivity index (χ3v) is 4.77. The minimum absolute atomic E-state index is 0.766. The van der Waals surface area contributed by atoms with Crippen molar-refractivity contribution in [1.29, 1.82) is 0 Å². The van der Waals surface area contributed by atoms with Crippen LogP contribution in [0.4, 0.5) is 5.95 Å². The summed E-state index contributed by atoms with van der Waals surface area (Å²) in [7, 11) is 0. The number of nitrogens with one attached hydrogen (secondary N) is 1. The largest absolute Gasteiger partial charge is 0.355 e. The predicted octanol–water partition coefficient (Wildman–Crippen LogP) is 4.07. The molecule has 5 nitrogen and oxygen atoms in total. The number of rotatable bonds is 4. The predicted molar refractivity (Wildman–Crippen MR) is 99.7 cm³/mol. The van der Waals surface area contributed by atoms with Crippen LogP contribution >= 0.6 is 0 Å². The lowest BCUT2D eigenvalue weighted by molar-refractivity contribution is 0.870. The molecule has 5 heteroatoms. The lowest BCUT2D eigenvalue weighted by Gasteiger charge is -2.11. The van der Waals surface area contributed by atoms with Gasteiger partial charge in [0.1, 0.15) is 0 Å². The number of para-hydroxylation sites is 1. The first-order valence-corrected chi connectivity index (χ1v) is 8.74. The maximum absolute atomic E-state index is 4.86. The van der Waals surface area contributed by atoms with Gasteiger partial charge in [-0.3, -0.25) is 0 Å². The molecule has 124 valence electrons. The average molecular weight is 329 g/mol. The zero-order valence-corrected chi connectivity index (χ0v) is 14.1. The maximum Gasteiger partial charge on any atom is 0.211 e. The number of aromatic nitrogens is 4. The molecule has 4 aromatic rings. The number of hydrogen-bond donors (Lipinski definition) is 1. The first-order valence-electron chi connectivity index (χ1n) is 8.74. The monoisotopic (exact) mass is 329 g/mol. The molecule has 1 aliphatic carbocycles. The van der Waals surface area contributed by atoms with Gasteiger partial charge in [-0.2, -0.15) is 0 Å². The fourth-order valence-electron chi connectivity index (χ4n) is 3.23. The molecule has 0 radical (unpaired) electrons. The van der Waals surface area contributed by atoms with Crippen LogP contribution in [-0.2, 0) is 0 Å². The number of hydrogen-bond acceptors (Lipinski definition) is 4. The van der Waals surface area contributed by atoms with Gasteiger partial charge in [0, 0.05) is 17.5 Å². The summed E-state index contributed by atoms with van der Waals surface area (Å²) in [5.41, 5.74) is 4.05. The molecule has 1 fully saturated rings. The molecule has 5 rings (SSSR count). The summed E-state index contributed by atoms with van der Waals surface area (Å²) in [5.74, 6) is 2.42. The van der Waals surface area contributed by atoms with Gasteiger partial charge in [-0.05, 0) is 43.9 Å². The SMILES string of the molecule is Cc1cccc(-c2nnc3c4ccccc4nc(NCC4CC4)n23)c1. The molecule has 0 atom stereocenters. The zero-order valence-electron chi connectivity index (χ0n) is 14.1. The van der Waals surface area contributed by atoms with Crippen LogP contribution in [0, 0.1) is 12.8 Å². The molecule has 0 unspecified atom stereocenters. The van der Waals surface area contributed by atoms with E-state index >= 15 is 0 Å². The molecule has 1 aliphatic rings. The zero-order chi connectivity index (χ0) is 16.8. The summed E-state index contributed by atoms with van der Waals surface area (Å²) in [6, 6.07) is 16.5. The summed E-state index contributed by atoms with van der Waals surface area (Å²) < 4.78 is 2.06. The average Bonchev–Trinajstić information content (AvgIpc) is 3.35. The van der Waals surface area contributed by atoms with Crippen LogP contribution < -0.4 is 5.32 Å². The third-order valence-electron chi connectivity index (χ3n) is 4.77. The molecule has 2 heterocycles. The Morgan fingerprint density at radius 1 is 1.08 bits per heavy atom. The van der Waals surface area contributed by atoms with Gasteiger partial charge in [-0.15, -0.1) is 10.2 Å². The Bertz CT molecular complexity index is 1080.